The monoisotopic (exact) mass is 312 g/mol. The Bertz CT molecular complexity index is 696. The molecule has 1 aliphatic rings. The van der Waals surface area contributed by atoms with Gasteiger partial charge >= 0.3 is 0 Å². The molecule has 0 spiro atoms. The minimum Gasteiger partial charge on any atom is -0.306 e. The predicted molar refractivity (Wildman–Crippen MR) is 91.5 cm³/mol. The predicted octanol–water partition coefficient (Wildman–Crippen LogP) is 2.42. The fourth-order valence-corrected chi connectivity index (χ4v) is 3.10. The van der Waals surface area contributed by atoms with Crippen LogP contribution in [0.3, 0.4) is 0 Å². The van der Waals surface area contributed by atoms with Crippen LogP contribution in [0, 0.1) is 0 Å². The summed E-state index contributed by atoms with van der Waals surface area (Å²) in [4.78, 5) is 26.6. The summed E-state index contributed by atoms with van der Waals surface area (Å²) >= 11 is 0. The van der Waals surface area contributed by atoms with Gasteiger partial charge < -0.3 is 9.88 Å². The maximum atomic E-state index is 12.4. The Morgan fingerprint density at radius 1 is 1.26 bits per heavy atom. The quantitative estimate of drug-likeness (QED) is 0.861. The van der Waals surface area contributed by atoms with Gasteiger partial charge in [-0.2, -0.15) is 0 Å². The smallest absolute Gasteiger partial charge is 0.254 e. The van der Waals surface area contributed by atoms with Crippen LogP contribution in [0.25, 0.3) is 11.4 Å². The van der Waals surface area contributed by atoms with E-state index < -0.39 is 0 Å². The Balaban J connectivity index is 1.79. The minimum absolute atomic E-state index is 0.00395. The highest BCUT2D eigenvalue weighted by molar-refractivity contribution is 5.53. The van der Waals surface area contributed by atoms with Crippen LogP contribution in [-0.2, 0) is 12.8 Å². The third kappa shape index (κ3) is 3.85. The van der Waals surface area contributed by atoms with Gasteiger partial charge in [0.05, 0.1) is 5.69 Å². The molecule has 1 N–H and O–H groups in total. The van der Waals surface area contributed by atoms with Gasteiger partial charge in [-0.1, -0.05) is 19.8 Å². The summed E-state index contributed by atoms with van der Waals surface area (Å²) in [6, 6.07) is 3.78. The fraction of sp³-hybridized carbons (Fsp3) is 0.500. The van der Waals surface area contributed by atoms with Crippen molar-refractivity contribution in [3.63, 3.8) is 0 Å². The standard InChI is InChI=1S/C18H24N4O/c1-2-3-4-10-22-11-7-15-16(8-12-22)20-17(21-18(15)23)14-6-5-9-19-13-14/h5-6,9,13H,2-4,7-8,10-12H2,1H3,(H,20,21,23). The van der Waals surface area contributed by atoms with Gasteiger partial charge in [0.25, 0.3) is 5.56 Å². The van der Waals surface area contributed by atoms with Crippen molar-refractivity contribution in [2.24, 2.45) is 0 Å². The summed E-state index contributed by atoms with van der Waals surface area (Å²) in [5, 5.41) is 0. The van der Waals surface area contributed by atoms with Crippen molar-refractivity contribution in [3.05, 3.63) is 46.1 Å². The van der Waals surface area contributed by atoms with Gasteiger partial charge in [-0.05, 0) is 31.5 Å². The van der Waals surface area contributed by atoms with E-state index in [4.69, 9.17) is 4.98 Å². The number of aromatic nitrogens is 3. The molecule has 2 aromatic heterocycles. The maximum absolute atomic E-state index is 12.4. The topological polar surface area (TPSA) is 61.9 Å². The van der Waals surface area contributed by atoms with Gasteiger partial charge in [0, 0.05) is 43.0 Å². The molecule has 0 aromatic carbocycles. The average molecular weight is 312 g/mol. The molecule has 0 aliphatic carbocycles. The lowest BCUT2D eigenvalue weighted by Crippen LogP contribution is -2.27. The highest BCUT2D eigenvalue weighted by Crippen LogP contribution is 2.16. The third-order valence-corrected chi connectivity index (χ3v) is 4.46. The molecule has 0 saturated carbocycles. The zero-order chi connectivity index (χ0) is 16.1. The van der Waals surface area contributed by atoms with Gasteiger partial charge in [0.1, 0.15) is 5.82 Å². The van der Waals surface area contributed by atoms with Gasteiger partial charge in [0.15, 0.2) is 0 Å². The Kier molecular flexibility index (Phi) is 5.18. The molecule has 0 saturated heterocycles. The number of nitrogens with one attached hydrogen (secondary N) is 1. The highest BCUT2D eigenvalue weighted by Gasteiger charge is 2.18. The first-order valence-corrected chi connectivity index (χ1v) is 8.52. The molecule has 0 atom stereocenters. The molecule has 0 radical (unpaired) electrons. The van der Waals surface area contributed by atoms with Crippen LogP contribution < -0.4 is 5.56 Å². The first-order valence-electron chi connectivity index (χ1n) is 8.52. The number of unbranched alkanes of at least 4 members (excludes halogenated alkanes) is 2. The first-order chi connectivity index (χ1) is 11.3. The van der Waals surface area contributed by atoms with Gasteiger partial charge in [-0.15, -0.1) is 0 Å². The highest BCUT2D eigenvalue weighted by atomic mass is 16.1. The van der Waals surface area contributed by atoms with Gasteiger partial charge in [0.2, 0.25) is 0 Å². The summed E-state index contributed by atoms with van der Waals surface area (Å²) < 4.78 is 0. The van der Waals surface area contributed by atoms with Crippen molar-refractivity contribution in [2.45, 2.75) is 39.0 Å². The lowest BCUT2D eigenvalue weighted by molar-refractivity contribution is 0.280. The second kappa shape index (κ2) is 7.51. The fourth-order valence-electron chi connectivity index (χ4n) is 3.10. The molecule has 0 bridgehead atoms. The summed E-state index contributed by atoms with van der Waals surface area (Å²) in [7, 11) is 0. The summed E-state index contributed by atoms with van der Waals surface area (Å²) in [5.41, 5.74) is 2.67. The number of rotatable bonds is 5. The van der Waals surface area contributed by atoms with E-state index in [9.17, 15) is 4.79 Å². The average Bonchev–Trinajstić information content (AvgIpc) is 2.79. The molecular weight excluding hydrogens is 288 g/mol. The van der Waals surface area contributed by atoms with Crippen molar-refractivity contribution in [2.75, 3.05) is 19.6 Å². The number of H-pyrrole nitrogens is 1. The van der Waals surface area contributed by atoms with E-state index in [0.717, 1.165) is 49.3 Å². The van der Waals surface area contributed by atoms with Gasteiger partial charge in [-0.25, -0.2) is 4.98 Å². The molecule has 3 heterocycles. The first kappa shape index (κ1) is 15.9. The van der Waals surface area contributed by atoms with E-state index in [0.29, 0.717) is 5.82 Å². The zero-order valence-corrected chi connectivity index (χ0v) is 13.7. The maximum Gasteiger partial charge on any atom is 0.254 e. The van der Waals surface area contributed by atoms with Crippen molar-refractivity contribution in [1.82, 2.24) is 19.9 Å². The van der Waals surface area contributed by atoms with E-state index in [1.165, 1.54) is 19.3 Å². The van der Waals surface area contributed by atoms with Crippen molar-refractivity contribution in [3.8, 4) is 11.4 Å². The molecule has 3 rings (SSSR count). The van der Waals surface area contributed by atoms with Gasteiger partial charge in [-0.3, -0.25) is 9.78 Å². The van der Waals surface area contributed by atoms with E-state index in [2.05, 4.69) is 21.8 Å². The second-order valence-corrected chi connectivity index (χ2v) is 6.13. The number of fused-ring (bicyclic) bond motifs is 1. The van der Waals surface area contributed by atoms with Crippen molar-refractivity contribution in [1.29, 1.82) is 0 Å². The van der Waals surface area contributed by atoms with E-state index in [-0.39, 0.29) is 5.56 Å². The van der Waals surface area contributed by atoms with Crippen LogP contribution in [-0.4, -0.2) is 39.5 Å². The summed E-state index contributed by atoms with van der Waals surface area (Å²) in [5.74, 6) is 0.626. The Labute approximate surface area is 136 Å². The number of hydrogen-bond donors (Lipinski definition) is 1. The molecule has 0 unspecified atom stereocenters. The van der Waals surface area contributed by atoms with E-state index in [1.54, 1.807) is 12.4 Å². The molecule has 5 heteroatoms. The van der Waals surface area contributed by atoms with Crippen LogP contribution >= 0.6 is 0 Å². The molecule has 0 amide bonds. The molecule has 1 aliphatic heterocycles. The Morgan fingerprint density at radius 3 is 2.91 bits per heavy atom. The molecule has 23 heavy (non-hydrogen) atoms. The number of pyridine rings is 1. The molecule has 0 fully saturated rings. The number of hydrogen-bond acceptors (Lipinski definition) is 4. The van der Waals surface area contributed by atoms with Crippen molar-refractivity contribution >= 4 is 0 Å². The largest absolute Gasteiger partial charge is 0.306 e. The van der Waals surface area contributed by atoms with E-state index >= 15 is 0 Å². The second-order valence-electron chi connectivity index (χ2n) is 6.13. The lowest BCUT2D eigenvalue weighted by atomic mass is 10.1. The SMILES string of the molecule is CCCCCN1CCc2nc(-c3cccnc3)[nH]c(=O)c2CC1. The lowest BCUT2D eigenvalue weighted by Gasteiger charge is -2.18. The number of aromatic amines is 1. The van der Waals surface area contributed by atoms with Crippen LogP contribution in [0.2, 0.25) is 0 Å². The van der Waals surface area contributed by atoms with E-state index in [1.807, 2.05) is 12.1 Å². The third-order valence-electron chi connectivity index (χ3n) is 4.46. The number of nitrogens with zero attached hydrogens (tertiary/aromatic N) is 3. The molecule has 2 aromatic rings. The van der Waals surface area contributed by atoms with Crippen LogP contribution in [0.1, 0.15) is 37.4 Å². The van der Waals surface area contributed by atoms with Crippen molar-refractivity contribution < 1.29 is 0 Å². The summed E-state index contributed by atoms with van der Waals surface area (Å²) in [6.07, 6.45) is 8.84. The normalized spacial score (nSPS) is 15.2. The Hall–Kier alpha value is -2.01. The molecule has 5 nitrogen and oxygen atoms in total. The van der Waals surface area contributed by atoms with Crippen LogP contribution in [0.5, 0.6) is 0 Å². The zero-order valence-electron chi connectivity index (χ0n) is 13.7. The van der Waals surface area contributed by atoms with Crippen LogP contribution in [0.4, 0.5) is 0 Å². The molecular formula is C18H24N4O. The summed E-state index contributed by atoms with van der Waals surface area (Å²) in [6.45, 7) is 5.28. The Morgan fingerprint density at radius 2 is 2.13 bits per heavy atom. The molecule has 122 valence electrons. The minimum atomic E-state index is 0.00395. The van der Waals surface area contributed by atoms with Crippen LogP contribution in [0.15, 0.2) is 29.3 Å².